The molecule has 1 heterocycles. The molecule has 0 fully saturated rings. The molecule has 0 spiro atoms. The van der Waals surface area contributed by atoms with Gasteiger partial charge in [0.2, 0.25) is 0 Å². The maximum absolute atomic E-state index is 13.7. The van der Waals surface area contributed by atoms with Crippen molar-refractivity contribution < 1.29 is 9.18 Å². The summed E-state index contributed by atoms with van der Waals surface area (Å²) in [5.74, 6) is -0.705. The number of para-hydroxylation sites is 1. The van der Waals surface area contributed by atoms with E-state index in [4.69, 9.17) is 0 Å². The molecule has 0 aliphatic carbocycles. The van der Waals surface area contributed by atoms with Crippen LogP contribution in [-0.2, 0) is 6.54 Å². The maximum atomic E-state index is 13.7. The summed E-state index contributed by atoms with van der Waals surface area (Å²) in [4.78, 5) is 32.6. The van der Waals surface area contributed by atoms with Gasteiger partial charge in [0.05, 0.1) is 23.0 Å². The first-order valence-corrected chi connectivity index (χ1v) is 7.04. The normalized spacial score (nSPS) is 10.7. The SMILES string of the molecule is CN(Cc1nc2ccccc2c(=O)[nH]1)C(=O)c1ccccc1F. The molecule has 0 radical (unpaired) electrons. The fourth-order valence-corrected chi connectivity index (χ4v) is 2.35. The minimum absolute atomic E-state index is 0.0156. The summed E-state index contributed by atoms with van der Waals surface area (Å²) in [6, 6.07) is 12.7. The summed E-state index contributed by atoms with van der Waals surface area (Å²) in [6.07, 6.45) is 0. The Bertz CT molecular complexity index is 936. The number of carbonyl (C=O) groups is 1. The second-order valence-corrected chi connectivity index (χ2v) is 5.17. The van der Waals surface area contributed by atoms with Crippen LogP contribution in [0.25, 0.3) is 10.9 Å². The van der Waals surface area contributed by atoms with Crippen LogP contribution in [0, 0.1) is 5.82 Å². The van der Waals surface area contributed by atoms with Crippen LogP contribution in [0.3, 0.4) is 0 Å². The number of nitrogens with zero attached hydrogens (tertiary/aromatic N) is 2. The van der Waals surface area contributed by atoms with Crippen LogP contribution >= 0.6 is 0 Å². The van der Waals surface area contributed by atoms with Crippen molar-refractivity contribution in [3.05, 3.63) is 76.1 Å². The van der Waals surface area contributed by atoms with E-state index in [0.29, 0.717) is 16.7 Å². The van der Waals surface area contributed by atoms with Crippen LogP contribution in [-0.4, -0.2) is 27.8 Å². The maximum Gasteiger partial charge on any atom is 0.258 e. The fourth-order valence-electron chi connectivity index (χ4n) is 2.35. The smallest absolute Gasteiger partial charge is 0.258 e. The summed E-state index contributed by atoms with van der Waals surface area (Å²) in [7, 11) is 1.53. The number of aromatic nitrogens is 2. The largest absolute Gasteiger partial charge is 0.334 e. The second kappa shape index (κ2) is 6.00. The van der Waals surface area contributed by atoms with Gasteiger partial charge in [0.25, 0.3) is 11.5 Å². The van der Waals surface area contributed by atoms with Crippen LogP contribution in [0.4, 0.5) is 4.39 Å². The first-order chi connectivity index (χ1) is 11.1. The summed E-state index contributed by atoms with van der Waals surface area (Å²) < 4.78 is 13.7. The molecule has 6 heteroatoms. The average molecular weight is 311 g/mol. The van der Waals surface area contributed by atoms with Crippen molar-refractivity contribution in [2.24, 2.45) is 0 Å². The van der Waals surface area contributed by atoms with Crippen LogP contribution in [0.5, 0.6) is 0 Å². The molecule has 0 aliphatic rings. The number of amides is 1. The lowest BCUT2D eigenvalue weighted by molar-refractivity contribution is 0.0777. The number of hydrogen-bond acceptors (Lipinski definition) is 3. The highest BCUT2D eigenvalue weighted by Gasteiger charge is 2.17. The van der Waals surface area contributed by atoms with Crippen molar-refractivity contribution in [1.82, 2.24) is 14.9 Å². The van der Waals surface area contributed by atoms with Gasteiger partial charge in [-0.15, -0.1) is 0 Å². The predicted octanol–water partition coefficient (Wildman–Crippen LogP) is 2.33. The molecule has 5 nitrogen and oxygen atoms in total. The number of rotatable bonds is 3. The molecule has 1 aromatic heterocycles. The highest BCUT2D eigenvalue weighted by Crippen LogP contribution is 2.11. The third kappa shape index (κ3) is 2.96. The average Bonchev–Trinajstić information content (AvgIpc) is 2.54. The number of fused-ring (bicyclic) bond motifs is 1. The van der Waals surface area contributed by atoms with Gasteiger partial charge in [-0.3, -0.25) is 9.59 Å². The molecule has 0 unspecified atom stereocenters. The van der Waals surface area contributed by atoms with Gasteiger partial charge in [0, 0.05) is 7.05 Å². The Morgan fingerprint density at radius 3 is 2.65 bits per heavy atom. The zero-order valence-electron chi connectivity index (χ0n) is 12.4. The molecule has 0 saturated heterocycles. The quantitative estimate of drug-likeness (QED) is 0.807. The van der Waals surface area contributed by atoms with E-state index in [2.05, 4.69) is 9.97 Å². The van der Waals surface area contributed by atoms with Gasteiger partial charge in [-0.2, -0.15) is 0 Å². The topological polar surface area (TPSA) is 66.1 Å². The number of nitrogens with one attached hydrogen (secondary N) is 1. The highest BCUT2D eigenvalue weighted by molar-refractivity contribution is 5.94. The van der Waals surface area contributed by atoms with E-state index in [0.717, 1.165) is 0 Å². The van der Waals surface area contributed by atoms with Crippen LogP contribution in [0.1, 0.15) is 16.2 Å². The zero-order chi connectivity index (χ0) is 16.4. The van der Waals surface area contributed by atoms with Crippen LogP contribution in [0.15, 0.2) is 53.3 Å². The number of carbonyl (C=O) groups excluding carboxylic acids is 1. The van der Waals surface area contributed by atoms with E-state index in [1.807, 2.05) is 0 Å². The Morgan fingerprint density at radius 2 is 1.87 bits per heavy atom. The lowest BCUT2D eigenvalue weighted by atomic mass is 10.2. The van der Waals surface area contributed by atoms with Crippen molar-refractivity contribution in [2.45, 2.75) is 6.54 Å². The molecule has 3 rings (SSSR count). The van der Waals surface area contributed by atoms with Gasteiger partial charge in [-0.05, 0) is 24.3 Å². The number of aromatic amines is 1. The van der Waals surface area contributed by atoms with Crippen molar-refractivity contribution in [3.63, 3.8) is 0 Å². The predicted molar refractivity (Wildman–Crippen MR) is 84.6 cm³/mol. The molecule has 0 bridgehead atoms. The molecule has 0 aliphatic heterocycles. The molecule has 0 atom stereocenters. The van der Waals surface area contributed by atoms with Crippen molar-refractivity contribution in [2.75, 3.05) is 7.05 Å². The molecule has 3 aromatic rings. The minimum Gasteiger partial charge on any atom is -0.334 e. The third-order valence-electron chi connectivity index (χ3n) is 3.50. The highest BCUT2D eigenvalue weighted by atomic mass is 19.1. The Balaban J connectivity index is 1.88. The fraction of sp³-hybridized carbons (Fsp3) is 0.118. The first kappa shape index (κ1) is 14.9. The van der Waals surface area contributed by atoms with E-state index in [-0.39, 0.29) is 17.7 Å². The molecule has 2 aromatic carbocycles. The van der Waals surface area contributed by atoms with Crippen LogP contribution < -0.4 is 5.56 Å². The zero-order valence-corrected chi connectivity index (χ0v) is 12.4. The number of halogens is 1. The van der Waals surface area contributed by atoms with Crippen LogP contribution in [0.2, 0.25) is 0 Å². The van der Waals surface area contributed by atoms with Gasteiger partial charge in [0.1, 0.15) is 11.6 Å². The van der Waals surface area contributed by atoms with Crippen molar-refractivity contribution in [3.8, 4) is 0 Å². The lowest BCUT2D eigenvalue weighted by Gasteiger charge is -2.17. The summed E-state index contributed by atoms with van der Waals surface area (Å²) >= 11 is 0. The number of H-pyrrole nitrogens is 1. The monoisotopic (exact) mass is 311 g/mol. The van der Waals surface area contributed by atoms with E-state index in [9.17, 15) is 14.0 Å². The minimum atomic E-state index is -0.579. The first-order valence-electron chi connectivity index (χ1n) is 7.04. The van der Waals surface area contributed by atoms with E-state index in [1.165, 1.54) is 30.1 Å². The molecule has 23 heavy (non-hydrogen) atoms. The van der Waals surface area contributed by atoms with Gasteiger partial charge in [0.15, 0.2) is 0 Å². The summed E-state index contributed by atoms with van der Waals surface area (Å²) in [5, 5.41) is 0.485. The summed E-state index contributed by atoms with van der Waals surface area (Å²) in [5.41, 5.74) is 0.272. The number of hydrogen-bond donors (Lipinski definition) is 1. The van der Waals surface area contributed by atoms with Gasteiger partial charge >= 0.3 is 0 Å². The van der Waals surface area contributed by atoms with Crippen molar-refractivity contribution >= 4 is 16.8 Å². The Kier molecular flexibility index (Phi) is 3.89. The van der Waals surface area contributed by atoms with Gasteiger partial charge in [-0.1, -0.05) is 24.3 Å². The molecule has 1 N–H and O–H groups in total. The molecular formula is C17H14FN3O2. The van der Waals surface area contributed by atoms with Crippen molar-refractivity contribution in [1.29, 1.82) is 0 Å². The third-order valence-corrected chi connectivity index (χ3v) is 3.50. The lowest BCUT2D eigenvalue weighted by Crippen LogP contribution is -2.29. The Hall–Kier alpha value is -3.02. The van der Waals surface area contributed by atoms with Gasteiger partial charge in [-0.25, -0.2) is 9.37 Å². The van der Waals surface area contributed by atoms with E-state index in [1.54, 1.807) is 30.3 Å². The van der Waals surface area contributed by atoms with E-state index >= 15 is 0 Å². The standard InChI is InChI=1S/C17H14FN3O2/c1-21(17(23)11-6-2-4-8-13(11)18)10-15-19-14-9-5-3-7-12(14)16(22)20-15/h2-9H,10H2,1H3,(H,19,20,22). The molecular weight excluding hydrogens is 297 g/mol. The molecule has 0 saturated carbocycles. The summed E-state index contributed by atoms with van der Waals surface area (Å²) in [6.45, 7) is 0.0766. The molecule has 1 amide bonds. The number of benzene rings is 2. The Labute approximate surface area is 131 Å². The van der Waals surface area contributed by atoms with Gasteiger partial charge < -0.3 is 9.88 Å². The second-order valence-electron chi connectivity index (χ2n) is 5.17. The Morgan fingerprint density at radius 1 is 1.17 bits per heavy atom. The molecule has 116 valence electrons. The van der Waals surface area contributed by atoms with E-state index < -0.39 is 11.7 Å².